The van der Waals surface area contributed by atoms with Crippen molar-refractivity contribution < 1.29 is 14.3 Å². The average Bonchev–Trinajstić information content (AvgIpc) is 2.67. The van der Waals surface area contributed by atoms with Crippen LogP contribution in [0.4, 0.5) is 0 Å². The van der Waals surface area contributed by atoms with E-state index in [0.29, 0.717) is 25.3 Å². The zero-order valence-electron chi connectivity index (χ0n) is 17.2. The third kappa shape index (κ3) is 6.12. The predicted molar refractivity (Wildman–Crippen MR) is 111 cm³/mol. The topological polar surface area (TPSA) is 58.6 Å². The monoisotopic (exact) mass is 382 g/mol. The number of nitrogens with zero attached hydrogens (tertiary/aromatic N) is 1. The van der Waals surface area contributed by atoms with E-state index in [0.717, 1.165) is 16.7 Å². The molecule has 0 aliphatic rings. The van der Waals surface area contributed by atoms with E-state index in [2.05, 4.69) is 5.32 Å². The Morgan fingerprint density at radius 1 is 1.04 bits per heavy atom. The van der Waals surface area contributed by atoms with Gasteiger partial charge in [-0.05, 0) is 44.9 Å². The summed E-state index contributed by atoms with van der Waals surface area (Å²) in [6.07, 6.45) is 0.536. The van der Waals surface area contributed by atoms with Crippen LogP contribution in [-0.2, 0) is 16.1 Å². The Labute approximate surface area is 167 Å². The summed E-state index contributed by atoms with van der Waals surface area (Å²) in [5.41, 5.74) is 3.24. The van der Waals surface area contributed by atoms with Crippen LogP contribution in [0.15, 0.2) is 48.5 Å². The highest BCUT2D eigenvalue weighted by atomic mass is 16.5. The number of hydrogen-bond donors (Lipinski definition) is 1. The van der Waals surface area contributed by atoms with Gasteiger partial charge in [-0.25, -0.2) is 0 Å². The molecule has 0 unspecified atom stereocenters. The lowest BCUT2D eigenvalue weighted by Crippen LogP contribution is -2.50. The number of benzene rings is 2. The van der Waals surface area contributed by atoms with E-state index >= 15 is 0 Å². The van der Waals surface area contributed by atoms with E-state index in [4.69, 9.17) is 4.74 Å². The first-order valence-electron chi connectivity index (χ1n) is 9.76. The molecule has 0 spiro atoms. The van der Waals surface area contributed by atoms with Crippen LogP contribution < -0.4 is 10.1 Å². The SMILES string of the molecule is CCNC(=O)[C@H](CC)N(Cc1cccc(C)c1)C(=O)COc1ccc(C)cc1. The molecule has 1 atom stereocenters. The second-order valence-electron chi connectivity index (χ2n) is 6.93. The number of carbonyl (C=O) groups is 2. The van der Waals surface area contributed by atoms with Crippen molar-refractivity contribution in [2.24, 2.45) is 0 Å². The van der Waals surface area contributed by atoms with Crippen LogP contribution in [0.2, 0.25) is 0 Å². The van der Waals surface area contributed by atoms with E-state index in [1.807, 2.05) is 76.2 Å². The number of rotatable bonds is 9. The summed E-state index contributed by atoms with van der Waals surface area (Å²) in [5, 5.41) is 2.84. The third-order valence-corrected chi connectivity index (χ3v) is 4.56. The average molecular weight is 383 g/mol. The number of aryl methyl sites for hydroxylation is 2. The third-order valence-electron chi connectivity index (χ3n) is 4.56. The number of ether oxygens (including phenoxy) is 1. The zero-order valence-corrected chi connectivity index (χ0v) is 17.2. The molecule has 0 aliphatic heterocycles. The van der Waals surface area contributed by atoms with Crippen LogP contribution in [0.1, 0.15) is 37.0 Å². The molecule has 0 aromatic heterocycles. The molecule has 5 nitrogen and oxygen atoms in total. The summed E-state index contributed by atoms with van der Waals surface area (Å²) in [6, 6.07) is 15.0. The van der Waals surface area contributed by atoms with Gasteiger partial charge in [-0.15, -0.1) is 0 Å². The Kier molecular flexibility index (Phi) is 8.05. The fourth-order valence-electron chi connectivity index (χ4n) is 3.08. The molecule has 2 aromatic carbocycles. The van der Waals surface area contributed by atoms with Gasteiger partial charge in [-0.2, -0.15) is 0 Å². The van der Waals surface area contributed by atoms with Crippen LogP contribution in [0, 0.1) is 13.8 Å². The maximum Gasteiger partial charge on any atom is 0.261 e. The van der Waals surface area contributed by atoms with Gasteiger partial charge < -0.3 is 15.0 Å². The van der Waals surface area contributed by atoms with Crippen molar-refractivity contribution in [1.29, 1.82) is 0 Å². The van der Waals surface area contributed by atoms with E-state index < -0.39 is 6.04 Å². The smallest absolute Gasteiger partial charge is 0.261 e. The Morgan fingerprint density at radius 3 is 2.36 bits per heavy atom. The molecule has 0 saturated heterocycles. The van der Waals surface area contributed by atoms with Crippen LogP contribution in [0.3, 0.4) is 0 Å². The Hall–Kier alpha value is -2.82. The lowest BCUT2D eigenvalue weighted by Gasteiger charge is -2.30. The Morgan fingerprint density at radius 2 is 1.75 bits per heavy atom. The maximum atomic E-state index is 13.0. The highest BCUT2D eigenvalue weighted by molar-refractivity contribution is 5.88. The first-order valence-corrected chi connectivity index (χ1v) is 9.76. The second kappa shape index (κ2) is 10.5. The Bertz CT molecular complexity index is 787. The van der Waals surface area contributed by atoms with Gasteiger partial charge in [0.25, 0.3) is 5.91 Å². The van der Waals surface area contributed by atoms with Gasteiger partial charge in [-0.1, -0.05) is 54.4 Å². The quantitative estimate of drug-likeness (QED) is 0.721. The lowest BCUT2D eigenvalue weighted by molar-refractivity contribution is -0.142. The summed E-state index contributed by atoms with van der Waals surface area (Å²) < 4.78 is 5.68. The van der Waals surface area contributed by atoms with Crippen molar-refractivity contribution in [2.45, 2.75) is 46.7 Å². The normalized spacial score (nSPS) is 11.6. The maximum absolute atomic E-state index is 13.0. The lowest BCUT2D eigenvalue weighted by atomic mass is 10.1. The Balaban J connectivity index is 2.18. The first kappa shape index (κ1) is 21.5. The molecule has 0 heterocycles. The van der Waals surface area contributed by atoms with Crippen molar-refractivity contribution in [3.05, 3.63) is 65.2 Å². The van der Waals surface area contributed by atoms with E-state index in [1.54, 1.807) is 4.90 Å². The van der Waals surface area contributed by atoms with Gasteiger partial charge >= 0.3 is 0 Å². The second-order valence-corrected chi connectivity index (χ2v) is 6.93. The molecule has 28 heavy (non-hydrogen) atoms. The molecule has 5 heteroatoms. The highest BCUT2D eigenvalue weighted by Crippen LogP contribution is 2.16. The largest absolute Gasteiger partial charge is 0.484 e. The molecule has 1 N–H and O–H groups in total. The molecular weight excluding hydrogens is 352 g/mol. The number of hydrogen-bond acceptors (Lipinski definition) is 3. The van der Waals surface area contributed by atoms with Gasteiger partial charge in [0.05, 0.1) is 0 Å². The molecule has 0 aliphatic carbocycles. The number of amides is 2. The van der Waals surface area contributed by atoms with Crippen molar-refractivity contribution in [2.75, 3.05) is 13.2 Å². The number of likely N-dealkylation sites (N-methyl/N-ethyl adjacent to an activating group) is 1. The van der Waals surface area contributed by atoms with Crippen molar-refractivity contribution in [3.8, 4) is 5.75 Å². The standard InChI is InChI=1S/C23H30N2O3/c1-5-21(23(27)24-6-2)25(15-19-9-7-8-18(4)14-19)22(26)16-28-20-12-10-17(3)11-13-20/h7-14,21H,5-6,15-16H2,1-4H3,(H,24,27)/t21-/m0/s1. The molecule has 2 amide bonds. The molecule has 150 valence electrons. The molecule has 0 radical (unpaired) electrons. The van der Waals surface area contributed by atoms with Crippen LogP contribution in [-0.4, -0.2) is 35.9 Å². The fraction of sp³-hybridized carbons (Fsp3) is 0.391. The summed E-state index contributed by atoms with van der Waals surface area (Å²) in [7, 11) is 0. The van der Waals surface area contributed by atoms with Crippen molar-refractivity contribution in [3.63, 3.8) is 0 Å². The number of nitrogens with one attached hydrogen (secondary N) is 1. The zero-order chi connectivity index (χ0) is 20.5. The molecule has 0 saturated carbocycles. The summed E-state index contributed by atoms with van der Waals surface area (Å²) in [4.78, 5) is 27.2. The van der Waals surface area contributed by atoms with Crippen LogP contribution in [0.5, 0.6) is 5.75 Å². The van der Waals surface area contributed by atoms with Crippen molar-refractivity contribution in [1.82, 2.24) is 10.2 Å². The minimum Gasteiger partial charge on any atom is -0.484 e. The number of carbonyl (C=O) groups excluding carboxylic acids is 2. The summed E-state index contributed by atoms with van der Waals surface area (Å²) in [5.74, 6) is 0.294. The highest BCUT2D eigenvalue weighted by Gasteiger charge is 2.28. The van der Waals surface area contributed by atoms with Gasteiger partial charge in [0.15, 0.2) is 6.61 Å². The van der Waals surface area contributed by atoms with E-state index in [9.17, 15) is 9.59 Å². The molecule has 2 rings (SSSR count). The predicted octanol–water partition coefficient (Wildman–Crippen LogP) is 3.63. The molecule has 2 aromatic rings. The molecule has 0 bridgehead atoms. The minimum absolute atomic E-state index is 0.106. The molecular formula is C23H30N2O3. The van der Waals surface area contributed by atoms with Gasteiger partial charge in [0, 0.05) is 13.1 Å². The summed E-state index contributed by atoms with van der Waals surface area (Å²) in [6.45, 7) is 8.59. The minimum atomic E-state index is -0.533. The fourth-order valence-corrected chi connectivity index (χ4v) is 3.08. The molecule has 0 fully saturated rings. The first-order chi connectivity index (χ1) is 13.4. The summed E-state index contributed by atoms with van der Waals surface area (Å²) >= 11 is 0. The van der Waals surface area contributed by atoms with Crippen molar-refractivity contribution >= 4 is 11.8 Å². The van der Waals surface area contributed by atoms with Crippen LogP contribution >= 0.6 is 0 Å². The van der Waals surface area contributed by atoms with E-state index in [1.165, 1.54) is 0 Å². The van der Waals surface area contributed by atoms with Gasteiger partial charge in [-0.3, -0.25) is 9.59 Å². The van der Waals surface area contributed by atoms with Crippen LogP contribution in [0.25, 0.3) is 0 Å². The van der Waals surface area contributed by atoms with Gasteiger partial charge in [0.1, 0.15) is 11.8 Å². The van der Waals surface area contributed by atoms with Gasteiger partial charge in [0.2, 0.25) is 5.91 Å². The van der Waals surface area contributed by atoms with E-state index in [-0.39, 0.29) is 18.4 Å².